The van der Waals surface area contributed by atoms with E-state index < -0.39 is 0 Å². The van der Waals surface area contributed by atoms with Crippen LogP contribution >= 0.6 is 0 Å². The van der Waals surface area contributed by atoms with Crippen molar-refractivity contribution >= 4 is 22.5 Å². The Morgan fingerprint density at radius 2 is 1.58 bits per heavy atom. The highest BCUT2D eigenvalue weighted by molar-refractivity contribution is 6.06. The second kappa shape index (κ2) is 7.00. The van der Waals surface area contributed by atoms with Crippen molar-refractivity contribution in [3.63, 3.8) is 0 Å². The lowest BCUT2D eigenvalue weighted by atomic mass is 10.1. The molecule has 6 heteroatoms. The van der Waals surface area contributed by atoms with Gasteiger partial charge in [0.2, 0.25) is 5.75 Å². The molecule has 1 amide bonds. The minimum absolute atomic E-state index is 0.243. The summed E-state index contributed by atoms with van der Waals surface area (Å²) < 4.78 is 15.9. The molecule has 3 aromatic rings. The van der Waals surface area contributed by atoms with Crippen LogP contribution in [0.4, 0.5) is 5.69 Å². The van der Waals surface area contributed by atoms with Crippen molar-refractivity contribution in [2.75, 3.05) is 26.6 Å². The van der Waals surface area contributed by atoms with Gasteiger partial charge in [-0.25, -0.2) is 0 Å². The SMILES string of the molecule is COc1cc(NC(=O)c2cc3c(C)cc(C)cc3[nH]2)cc(OC)c1OC. The molecule has 136 valence electrons. The van der Waals surface area contributed by atoms with E-state index in [9.17, 15) is 4.79 Å². The monoisotopic (exact) mass is 354 g/mol. The molecule has 0 spiro atoms. The van der Waals surface area contributed by atoms with Crippen LogP contribution in [0.15, 0.2) is 30.3 Å². The average Bonchev–Trinajstić information content (AvgIpc) is 3.05. The van der Waals surface area contributed by atoms with Gasteiger partial charge in [-0.2, -0.15) is 0 Å². The summed E-state index contributed by atoms with van der Waals surface area (Å²) in [6.45, 7) is 4.06. The van der Waals surface area contributed by atoms with Gasteiger partial charge >= 0.3 is 0 Å². The van der Waals surface area contributed by atoms with E-state index in [1.165, 1.54) is 21.3 Å². The number of H-pyrrole nitrogens is 1. The average molecular weight is 354 g/mol. The molecule has 1 aromatic heterocycles. The Hall–Kier alpha value is -3.15. The summed E-state index contributed by atoms with van der Waals surface area (Å²) in [5.41, 5.74) is 4.26. The van der Waals surface area contributed by atoms with Crippen molar-refractivity contribution < 1.29 is 19.0 Å². The first kappa shape index (κ1) is 17.7. The third-order valence-corrected chi connectivity index (χ3v) is 4.26. The Morgan fingerprint density at radius 1 is 0.923 bits per heavy atom. The molecule has 0 aliphatic rings. The first-order chi connectivity index (χ1) is 12.5. The lowest BCUT2D eigenvalue weighted by Gasteiger charge is -2.14. The second-order valence-corrected chi connectivity index (χ2v) is 6.09. The number of fused-ring (bicyclic) bond motifs is 1. The number of methoxy groups -OCH3 is 3. The van der Waals surface area contributed by atoms with Crippen LogP contribution in [0.3, 0.4) is 0 Å². The van der Waals surface area contributed by atoms with Gasteiger partial charge in [0.05, 0.1) is 21.3 Å². The molecular weight excluding hydrogens is 332 g/mol. The van der Waals surface area contributed by atoms with E-state index in [1.54, 1.807) is 12.1 Å². The fourth-order valence-electron chi connectivity index (χ4n) is 3.07. The molecule has 2 aromatic carbocycles. The lowest BCUT2D eigenvalue weighted by molar-refractivity contribution is 0.102. The number of benzene rings is 2. The number of aryl methyl sites for hydroxylation is 2. The molecule has 0 saturated heterocycles. The van der Waals surface area contributed by atoms with E-state index in [4.69, 9.17) is 14.2 Å². The zero-order chi connectivity index (χ0) is 18.8. The molecule has 0 radical (unpaired) electrons. The Labute approximate surface area is 152 Å². The Kier molecular flexibility index (Phi) is 4.75. The fourth-order valence-corrected chi connectivity index (χ4v) is 3.07. The van der Waals surface area contributed by atoms with E-state index in [2.05, 4.69) is 16.4 Å². The maximum absolute atomic E-state index is 12.7. The number of aromatic amines is 1. The minimum Gasteiger partial charge on any atom is -0.493 e. The quantitative estimate of drug-likeness (QED) is 0.725. The summed E-state index contributed by atoms with van der Waals surface area (Å²) in [7, 11) is 4.60. The van der Waals surface area contributed by atoms with E-state index >= 15 is 0 Å². The van der Waals surface area contributed by atoms with Crippen LogP contribution in [0.25, 0.3) is 10.9 Å². The van der Waals surface area contributed by atoms with Gasteiger partial charge in [-0.15, -0.1) is 0 Å². The highest BCUT2D eigenvalue weighted by atomic mass is 16.5. The van der Waals surface area contributed by atoms with E-state index in [0.29, 0.717) is 28.6 Å². The topological polar surface area (TPSA) is 72.6 Å². The van der Waals surface area contributed by atoms with E-state index in [0.717, 1.165) is 22.0 Å². The largest absolute Gasteiger partial charge is 0.493 e. The zero-order valence-electron chi connectivity index (χ0n) is 15.5. The molecule has 1 heterocycles. The van der Waals surface area contributed by atoms with Gasteiger partial charge in [0, 0.05) is 28.7 Å². The van der Waals surface area contributed by atoms with Crippen molar-refractivity contribution in [3.8, 4) is 17.2 Å². The number of rotatable bonds is 5. The van der Waals surface area contributed by atoms with Crippen LogP contribution in [0.2, 0.25) is 0 Å². The van der Waals surface area contributed by atoms with Crippen LogP contribution in [-0.4, -0.2) is 32.2 Å². The summed E-state index contributed by atoms with van der Waals surface area (Å²) in [4.78, 5) is 15.9. The number of carbonyl (C=O) groups is 1. The van der Waals surface area contributed by atoms with Crippen LogP contribution in [0, 0.1) is 13.8 Å². The maximum atomic E-state index is 12.7. The number of hydrogen-bond acceptors (Lipinski definition) is 4. The third kappa shape index (κ3) is 3.18. The molecule has 0 aliphatic heterocycles. The molecule has 0 aliphatic carbocycles. The van der Waals surface area contributed by atoms with Crippen molar-refractivity contribution in [1.82, 2.24) is 4.98 Å². The maximum Gasteiger partial charge on any atom is 0.272 e. The number of carbonyl (C=O) groups excluding carboxylic acids is 1. The van der Waals surface area contributed by atoms with Crippen LogP contribution in [0.5, 0.6) is 17.2 Å². The predicted molar refractivity (Wildman–Crippen MR) is 102 cm³/mol. The van der Waals surface area contributed by atoms with Gasteiger partial charge in [0.25, 0.3) is 5.91 Å². The number of ether oxygens (including phenoxy) is 3. The summed E-state index contributed by atoms with van der Waals surface area (Å²) in [6.07, 6.45) is 0. The Morgan fingerprint density at radius 3 is 2.15 bits per heavy atom. The van der Waals surface area contributed by atoms with Gasteiger partial charge in [0.1, 0.15) is 5.69 Å². The first-order valence-electron chi connectivity index (χ1n) is 8.18. The second-order valence-electron chi connectivity index (χ2n) is 6.09. The molecular formula is C20H22N2O4. The van der Waals surface area contributed by atoms with Crippen molar-refractivity contribution in [3.05, 3.63) is 47.2 Å². The van der Waals surface area contributed by atoms with Gasteiger partial charge in [-0.1, -0.05) is 6.07 Å². The highest BCUT2D eigenvalue weighted by Crippen LogP contribution is 2.40. The van der Waals surface area contributed by atoms with Crippen molar-refractivity contribution in [2.45, 2.75) is 13.8 Å². The van der Waals surface area contributed by atoms with Crippen LogP contribution in [-0.2, 0) is 0 Å². The zero-order valence-corrected chi connectivity index (χ0v) is 15.5. The molecule has 0 unspecified atom stereocenters. The lowest BCUT2D eigenvalue weighted by Crippen LogP contribution is -2.12. The number of hydrogen-bond donors (Lipinski definition) is 2. The number of aromatic nitrogens is 1. The number of amides is 1. The summed E-state index contributed by atoms with van der Waals surface area (Å²) in [6, 6.07) is 9.36. The molecule has 26 heavy (non-hydrogen) atoms. The smallest absolute Gasteiger partial charge is 0.272 e. The minimum atomic E-state index is -0.243. The molecule has 0 bridgehead atoms. The van der Waals surface area contributed by atoms with E-state index in [1.807, 2.05) is 26.0 Å². The number of nitrogens with one attached hydrogen (secondary N) is 2. The van der Waals surface area contributed by atoms with Gasteiger partial charge in [-0.05, 0) is 37.1 Å². The first-order valence-corrected chi connectivity index (χ1v) is 8.18. The fraction of sp³-hybridized carbons (Fsp3) is 0.250. The van der Waals surface area contributed by atoms with Gasteiger partial charge in [-0.3, -0.25) is 4.79 Å². The van der Waals surface area contributed by atoms with Gasteiger partial charge in [0.15, 0.2) is 11.5 Å². The summed E-state index contributed by atoms with van der Waals surface area (Å²) in [5, 5.41) is 3.90. The summed E-state index contributed by atoms with van der Waals surface area (Å²) >= 11 is 0. The Balaban J connectivity index is 1.94. The molecule has 2 N–H and O–H groups in total. The normalized spacial score (nSPS) is 10.7. The predicted octanol–water partition coefficient (Wildman–Crippen LogP) is 4.06. The van der Waals surface area contributed by atoms with Crippen LogP contribution in [0.1, 0.15) is 21.6 Å². The van der Waals surface area contributed by atoms with Crippen molar-refractivity contribution in [2.24, 2.45) is 0 Å². The summed E-state index contributed by atoms with van der Waals surface area (Å²) in [5.74, 6) is 1.19. The molecule has 0 atom stereocenters. The number of anilines is 1. The molecule has 0 saturated carbocycles. The highest BCUT2D eigenvalue weighted by Gasteiger charge is 2.16. The Bertz CT molecular complexity index is 950. The molecule has 3 rings (SSSR count). The molecule has 6 nitrogen and oxygen atoms in total. The third-order valence-electron chi connectivity index (χ3n) is 4.26. The molecule has 0 fully saturated rings. The standard InChI is InChI=1S/C20H22N2O4/c1-11-6-12(2)14-10-16(22-15(14)7-11)20(23)21-13-8-17(24-3)19(26-5)18(9-13)25-4/h6-10,22H,1-5H3,(H,21,23). The van der Waals surface area contributed by atoms with E-state index in [-0.39, 0.29) is 5.91 Å². The van der Waals surface area contributed by atoms with Crippen LogP contribution < -0.4 is 19.5 Å². The van der Waals surface area contributed by atoms with Crippen molar-refractivity contribution in [1.29, 1.82) is 0 Å². The van der Waals surface area contributed by atoms with Gasteiger partial charge < -0.3 is 24.5 Å².